The normalized spacial score (nSPS) is 17.4. The van der Waals surface area contributed by atoms with Gasteiger partial charge in [0, 0.05) is 56.3 Å². The molecule has 1 aromatic carbocycles. The summed E-state index contributed by atoms with van der Waals surface area (Å²) in [5.41, 5.74) is 3.64. The van der Waals surface area contributed by atoms with Gasteiger partial charge in [0.05, 0.1) is 40.8 Å². The average molecular weight is 778 g/mol. The van der Waals surface area contributed by atoms with E-state index in [1.807, 2.05) is 41.8 Å². The van der Waals surface area contributed by atoms with Crippen LogP contribution in [-0.2, 0) is 33.8 Å². The Balaban J connectivity index is 1.27. The molecule has 54 heavy (non-hydrogen) atoms. The maximum atomic E-state index is 14.2. The van der Waals surface area contributed by atoms with Gasteiger partial charge in [0.15, 0.2) is 0 Å². The maximum absolute atomic E-state index is 14.2. The van der Waals surface area contributed by atoms with Gasteiger partial charge in [0.2, 0.25) is 5.91 Å². The number of aromatic nitrogens is 2. The number of carbonyl (C=O) groups is 3. The first kappa shape index (κ1) is 41.1. The van der Waals surface area contributed by atoms with Crippen molar-refractivity contribution in [3.8, 4) is 0 Å². The SMILES string of the molecule is CC(C)c1nc(CN(C)C(=O)NC(CCN2CCOCC2)C(=O)NC(CCC(Cc2ccccc2)NC(=O)OCc2cncs2)CC2C=CC=CC2)cs1. The number of morpholine rings is 1. The molecule has 1 aliphatic carbocycles. The molecule has 5 rings (SSSR count). The number of nitrogens with zero attached hydrogens (tertiary/aromatic N) is 4. The fourth-order valence-electron chi connectivity index (χ4n) is 6.55. The van der Waals surface area contributed by atoms with Gasteiger partial charge in [0.25, 0.3) is 0 Å². The lowest BCUT2D eigenvalue weighted by Gasteiger charge is -2.31. The van der Waals surface area contributed by atoms with Crippen LogP contribution in [0, 0.1) is 5.92 Å². The molecule has 292 valence electrons. The van der Waals surface area contributed by atoms with Gasteiger partial charge in [-0.2, -0.15) is 0 Å². The largest absolute Gasteiger partial charge is 0.444 e. The molecular weight excluding hydrogens is 723 g/mol. The van der Waals surface area contributed by atoms with Crippen molar-refractivity contribution in [2.45, 2.75) is 89.6 Å². The van der Waals surface area contributed by atoms with Gasteiger partial charge >= 0.3 is 12.1 Å². The number of amides is 4. The molecule has 4 amide bonds. The smallest absolute Gasteiger partial charge is 0.407 e. The van der Waals surface area contributed by atoms with Crippen molar-refractivity contribution in [3.05, 3.63) is 92.9 Å². The van der Waals surface area contributed by atoms with Gasteiger partial charge in [0.1, 0.15) is 12.6 Å². The number of urea groups is 1. The fourth-order valence-corrected chi connectivity index (χ4v) is 7.88. The molecule has 0 bridgehead atoms. The predicted molar refractivity (Wildman–Crippen MR) is 213 cm³/mol. The summed E-state index contributed by atoms with van der Waals surface area (Å²) in [6, 6.07) is 8.56. The first-order chi connectivity index (χ1) is 26.2. The first-order valence-corrected chi connectivity index (χ1v) is 20.7. The van der Waals surface area contributed by atoms with Crippen molar-refractivity contribution in [2.75, 3.05) is 39.9 Å². The molecule has 3 heterocycles. The number of nitrogens with one attached hydrogen (secondary N) is 3. The fraction of sp³-hybridized carbons (Fsp3) is 0.525. The van der Waals surface area contributed by atoms with Gasteiger partial charge in [-0.05, 0) is 50.0 Å². The van der Waals surface area contributed by atoms with Crippen LogP contribution in [0.2, 0.25) is 0 Å². The van der Waals surface area contributed by atoms with E-state index in [1.54, 1.807) is 35.0 Å². The lowest BCUT2D eigenvalue weighted by molar-refractivity contribution is -0.124. The summed E-state index contributed by atoms with van der Waals surface area (Å²) in [6.07, 6.45) is 13.6. The third-order valence-corrected chi connectivity index (χ3v) is 11.6. The van der Waals surface area contributed by atoms with Gasteiger partial charge in [-0.3, -0.25) is 14.7 Å². The molecule has 1 aliphatic heterocycles. The number of benzene rings is 1. The van der Waals surface area contributed by atoms with E-state index in [0.29, 0.717) is 57.9 Å². The van der Waals surface area contributed by atoms with E-state index < -0.39 is 12.1 Å². The second kappa shape index (κ2) is 21.7. The molecule has 2 aliphatic rings. The van der Waals surface area contributed by atoms with Crippen LogP contribution in [0.25, 0.3) is 0 Å². The maximum Gasteiger partial charge on any atom is 0.407 e. The summed E-state index contributed by atoms with van der Waals surface area (Å²) < 4.78 is 11.1. The number of allylic oxidation sites excluding steroid dienone is 4. The van der Waals surface area contributed by atoms with E-state index in [0.717, 1.165) is 47.1 Å². The second-order valence-corrected chi connectivity index (χ2v) is 16.2. The summed E-state index contributed by atoms with van der Waals surface area (Å²) in [5.74, 6) is 0.362. The van der Waals surface area contributed by atoms with Crippen LogP contribution in [0.1, 0.15) is 73.0 Å². The van der Waals surface area contributed by atoms with Crippen molar-refractivity contribution in [1.29, 1.82) is 0 Å². The number of rotatable bonds is 19. The molecular formula is C40H55N7O5S2. The lowest BCUT2D eigenvalue weighted by Crippen LogP contribution is -2.53. The third kappa shape index (κ3) is 13.9. The molecule has 0 radical (unpaired) electrons. The predicted octanol–water partition coefficient (Wildman–Crippen LogP) is 6.28. The monoisotopic (exact) mass is 777 g/mol. The van der Waals surface area contributed by atoms with Crippen LogP contribution < -0.4 is 16.0 Å². The highest BCUT2D eigenvalue weighted by Crippen LogP contribution is 2.22. The molecule has 3 aromatic rings. The molecule has 1 saturated heterocycles. The van der Waals surface area contributed by atoms with Gasteiger partial charge in [-0.1, -0.05) is 68.5 Å². The van der Waals surface area contributed by atoms with Crippen molar-refractivity contribution >= 4 is 40.7 Å². The standard InChI is InChI=1S/C40H55N7O5S2/c1-29(2)38-43-34(27-53-38)25-46(3)39(49)45-36(16-17-47-18-20-51-21-19-47)37(48)42-32(22-30-10-6-4-7-11-30)14-15-33(23-31-12-8-5-9-13-31)44-40(50)52-26-35-24-41-28-54-35/h4-10,12-13,24,27-30,32-33,36H,11,14-23,25-26H2,1-3H3,(H,42,48)(H,44,50)(H,45,49). The topological polar surface area (TPSA) is 138 Å². The minimum Gasteiger partial charge on any atom is -0.444 e. The molecule has 3 N–H and O–H groups in total. The summed E-state index contributed by atoms with van der Waals surface area (Å²) in [5, 5.41) is 12.5. The van der Waals surface area contributed by atoms with Gasteiger partial charge in [-0.25, -0.2) is 14.6 Å². The number of hydrogen-bond acceptors (Lipinski definition) is 10. The van der Waals surface area contributed by atoms with Crippen LogP contribution in [-0.4, -0.2) is 95.8 Å². The van der Waals surface area contributed by atoms with Crippen molar-refractivity contribution < 1.29 is 23.9 Å². The summed E-state index contributed by atoms with van der Waals surface area (Å²) in [4.78, 5) is 54.3. The minimum atomic E-state index is -0.742. The van der Waals surface area contributed by atoms with E-state index in [1.165, 1.54) is 11.3 Å². The number of carbonyl (C=O) groups excluding carboxylic acids is 3. The zero-order valence-electron chi connectivity index (χ0n) is 31.7. The summed E-state index contributed by atoms with van der Waals surface area (Å²) in [6.45, 7) is 8.25. The highest BCUT2D eigenvalue weighted by atomic mass is 32.1. The molecule has 1 fully saturated rings. The van der Waals surface area contributed by atoms with Crippen LogP contribution in [0.15, 0.2) is 71.7 Å². The lowest BCUT2D eigenvalue weighted by atomic mass is 9.89. The van der Waals surface area contributed by atoms with E-state index in [2.05, 4.69) is 57.9 Å². The number of thiazole rings is 2. The number of ether oxygens (including phenoxy) is 2. The van der Waals surface area contributed by atoms with E-state index >= 15 is 0 Å². The zero-order valence-corrected chi connectivity index (χ0v) is 33.3. The van der Waals surface area contributed by atoms with Crippen molar-refractivity contribution in [1.82, 2.24) is 35.7 Å². The number of alkyl carbamates (subject to hydrolysis) is 1. The van der Waals surface area contributed by atoms with Crippen LogP contribution in [0.5, 0.6) is 0 Å². The summed E-state index contributed by atoms with van der Waals surface area (Å²) in [7, 11) is 1.73. The number of hydrogen-bond donors (Lipinski definition) is 3. The van der Waals surface area contributed by atoms with E-state index in [4.69, 9.17) is 14.5 Å². The van der Waals surface area contributed by atoms with Crippen LogP contribution >= 0.6 is 22.7 Å². The Morgan fingerprint density at radius 1 is 1.02 bits per heavy atom. The quantitative estimate of drug-likeness (QED) is 0.129. The molecule has 4 unspecified atom stereocenters. The third-order valence-electron chi connectivity index (χ3n) is 9.60. The Labute approximate surface area is 327 Å². The first-order valence-electron chi connectivity index (χ1n) is 19.0. The zero-order chi connectivity index (χ0) is 38.1. The molecule has 0 spiro atoms. The second-order valence-electron chi connectivity index (χ2n) is 14.3. The Bertz CT molecular complexity index is 1640. The Morgan fingerprint density at radius 2 is 1.81 bits per heavy atom. The van der Waals surface area contributed by atoms with Crippen molar-refractivity contribution in [2.24, 2.45) is 5.92 Å². The molecule has 14 heteroatoms. The molecule has 12 nitrogen and oxygen atoms in total. The van der Waals surface area contributed by atoms with Crippen molar-refractivity contribution in [3.63, 3.8) is 0 Å². The Hall–Kier alpha value is -4.11. The van der Waals surface area contributed by atoms with E-state index in [9.17, 15) is 14.4 Å². The van der Waals surface area contributed by atoms with Crippen LogP contribution in [0.3, 0.4) is 0 Å². The van der Waals surface area contributed by atoms with E-state index in [-0.39, 0.29) is 36.5 Å². The Kier molecular flexibility index (Phi) is 16.5. The molecule has 0 saturated carbocycles. The summed E-state index contributed by atoms with van der Waals surface area (Å²) >= 11 is 3.03. The molecule has 4 atom stereocenters. The Morgan fingerprint density at radius 3 is 2.52 bits per heavy atom. The highest BCUT2D eigenvalue weighted by Gasteiger charge is 2.28. The average Bonchev–Trinajstić information content (AvgIpc) is 3.89. The van der Waals surface area contributed by atoms with Gasteiger partial charge < -0.3 is 30.3 Å². The minimum absolute atomic E-state index is 0.157. The van der Waals surface area contributed by atoms with Crippen LogP contribution in [0.4, 0.5) is 9.59 Å². The highest BCUT2D eigenvalue weighted by molar-refractivity contribution is 7.09. The molecule has 2 aromatic heterocycles. The van der Waals surface area contributed by atoms with Gasteiger partial charge in [-0.15, -0.1) is 22.7 Å².